The van der Waals surface area contributed by atoms with Crippen LogP contribution in [-0.4, -0.2) is 40.8 Å². The summed E-state index contributed by atoms with van der Waals surface area (Å²) in [5.74, 6) is 0.0683. The molecule has 1 aromatic carbocycles. The summed E-state index contributed by atoms with van der Waals surface area (Å²) >= 11 is 0. The third-order valence-corrected chi connectivity index (χ3v) is 5.19. The van der Waals surface area contributed by atoms with Gasteiger partial charge in [0.2, 0.25) is 11.8 Å². The lowest BCUT2D eigenvalue weighted by molar-refractivity contribution is -0.132. The van der Waals surface area contributed by atoms with Crippen LogP contribution in [0.5, 0.6) is 0 Å². The maximum Gasteiger partial charge on any atom is 0.228 e. The Morgan fingerprint density at radius 2 is 1.93 bits per heavy atom. The van der Waals surface area contributed by atoms with Crippen molar-refractivity contribution in [2.45, 2.75) is 39.7 Å². The van der Waals surface area contributed by atoms with Crippen molar-refractivity contribution in [3.63, 3.8) is 0 Å². The highest BCUT2D eigenvalue weighted by Gasteiger charge is 2.45. The minimum absolute atomic E-state index is 0.0288. The fraction of sp³-hybridized carbons (Fsp3) is 0.409. The number of pyridine rings is 1. The molecule has 1 N–H and O–H groups in total. The molecule has 1 aliphatic rings. The summed E-state index contributed by atoms with van der Waals surface area (Å²) in [6.45, 7) is 6.61. The van der Waals surface area contributed by atoms with E-state index < -0.39 is 5.41 Å². The first-order valence-corrected chi connectivity index (χ1v) is 9.45. The number of aromatic nitrogens is 1. The van der Waals surface area contributed by atoms with Gasteiger partial charge in [-0.3, -0.25) is 14.6 Å². The average molecular weight is 365 g/mol. The minimum Gasteiger partial charge on any atom is -0.353 e. The molecule has 5 nitrogen and oxygen atoms in total. The van der Waals surface area contributed by atoms with E-state index in [1.54, 1.807) is 18.0 Å². The predicted octanol–water partition coefficient (Wildman–Crippen LogP) is 3.05. The highest BCUT2D eigenvalue weighted by atomic mass is 16.2. The van der Waals surface area contributed by atoms with Gasteiger partial charge in [0.15, 0.2) is 0 Å². The van der Waals surface area contributed by atoms with Crippen LogP contribution in [0.25, 0.3) is 11.1 Å². The Balaban J connectivity index is 1.82. The zero-order chi connectivity index (χ0) is 19.4. The van der Waals surface area contributed by atoms with Crippen molar-refractivity contribution in [2.24, 2.45) is 5.41 Å². The lowest BCUT2D eigenvalue weighted by Gasteiger charge is -2.29. The largest absolute Gasteiger partial charge is 0.353 e. The molecule has 1 atom stereocenters. The zero-order valence-corrected chi connectivity index (χ0v) is 16.2. The van der Waals surface area contributed by atoms with Crippen LogP contribution in [0.3, 0.4) is 0 Å². The smallest absolute Gasteiger partial charge is 0.228 e. The summed E-state index contributed by atoms with van der Waals surface area (Å²) in [5.41, 5.74) is 2.71. The standard InChI is InChI=1S/C22H27N3O2/c1-16(2)24-21(27)22(10-12-25(15-22)17(3)26)13-18-6-8-19(9-7-18)20-5-4-11-23-14-20/h4-9,11,14,16H,10,12-13,15H2,1-3H3,(H,24,27)/t22-/m1/s1. The molecule has 0 saturated carbocycles. The van der Waals surface area contributed by atoms with Gasteiger partial charge in [-0.05, 0) is 49.4 Å². The van der Waals surface area contributed by atoms with Crippen LogP contribution in [0.2, 0.25) is 0 Å². The van der Waals surface area contributed by atoms with Gasteiger partial charge in [-0.25, -0.2) is 0 Å². The van der Waals surface area contributed by atoms with Gasteiger partial charge in [0.25, 0.3) is 0 Å². The second-order valence-electron chi connectivity index (χ2n) is 7.71. The number of nitrogens with one attached hydrogen (secondary N) is 1. The number of benzene rings is 1. The van der Waals surface area contributed by atoms with Crippen molar-refractivity contribution in [1.82, 2.24) is 15.2 Å². The van der Waals surface area contributed by atoms with Gasteiger partial charge in [-0.1, -0.05) is 30.3 Å². The predicted molar refractivity (Wildman–Crippen MR) is 106 cm³/mol. The molecule has 27 heavy (non-hydrogen) atoms. The quantitative estimate of drug-likeness (QED) is 0.886. The van der Waals surface area contributed by atoms with Gasteiger partial charge in [-0.2, -0.15) is 0 Å². The molecule has 0 unspecified atom stereocenters. The topological polar surface area (TPSA) is 62.3 Å². The van der Waals surface area contributed by atoms with E-state index in [1.807, 2.05) is 32.2 Å². The molecular weight excluding hydrogens is 338 g/mol. The summed E-state index contributed by atoms with van der Waals surface area (Å²) in [5, 5.41) is 3.06. The molecule has 1 saturated heterocycles. The Labute approximate surface area is 160 Å². The number of amides is 2. The van der Waals surface area contributed by atoms with E-state index in [1.165, 1.54) is 0 Å². The fourth-order valence-corrected chi connectivity index (χ4v) is 3.71. The van der Waals surface area contributed by atoms with E-state index >= 15 is 0 Å². The molecule has 1 fully saturated rings. The van der Waals surface area contributed by atoms with Crippen LogP contribution in [0.15, 0.2) is 48.8 Å². The number of likely N-dealkylation sites (tertiary alicyclic amines) is 1. The molecule has 0 bridgehead atoms. The van der Waals surface area contributed by atoms with E-state index in [4.69, 9.17) is 0 Å². The third kappa shape index (κ3) is 4.35. The first-order chi connectivity index (χ1) is 12.9. The first kappa shape index (κ1) is 19.1. The molecule has 0 radical (unpaired) electrons. The van der Waals surface area contributed by atoms with Gasteiger partial charge in [0.05, 0.1) is 5.41 Å². The molecule has 2 amide bonds. The van der Waals surface area contributed by atoms with Crippen LogP contribution in [0, 0.1) is 5.41 Å². The van der Waals surface area contributed by atoms with E-state index in [0.717, 1.165) is 16.7 Å². The van der Waals surface area contributed by atoms with Gasteiger partial charge in [-0.15, -0.1) is 0 Å². The van der Waals surface area contributed by atoms with Gasteiger partial charge >= 0.3 is 0 Å². The monoisotopic (exact) mass is 365 g/mol. The van der Waals surface area contributed by atoms with E-state index in [-0.39, 0.29) is 17.9 Å². The Hall–Kier alpha value is -2.69. The molecule has 2 aromatic rings. The lowest BCUT2D eigenvalue weighted by Crippen LogP contribution is -2.47. The summed E-state index contributed by atoms with van der Waals surface area (Å²) in [4.78, 5) is 30.7. The number of rotatable bonds is 5. The highest BCUT2D eigenvalue weighted by molar-refractivity contribution is 5.85. The summed E-state index contributed by atoms with van der Waals surface area (Å²) in [7, 11) is 0. The molecule has 0 spiro atoms. The Morgan fingerprint density at radius 1 is 1.19 bits per heavy atom. The van der Waals surface area contributed by atoms with Crippen LogP contribution in [0.4, 0.5) is 0 Å². The Morgan fingerprint density at radius 3 is 2.48 bits per heavy atom. The van der Waals surface area contributed by atoms with Crippen LogP contribution in [-0.2, 0) is 16.0 Å². The number of carbonyl (C=O) groups excluding carboxylic acids is 2. The molecule has 142 valence electrons. The van der Waals surface area contributed by atoms with Gasteiger partial charge < -0.3 is 10.2 Å². The van der Waals surface area contributed by atoms with Crippen LogP contribution in [0.1, 0.15) is 32.8 Å². The van der Waals surface area contributed by atoms with E-state index in [0.29, 0.717) is 25.9 Å². The second kappa shape index (κ2) is 7.91. The number of carbonyl (C=O) groups is 2. The van der Waals surface area contributed by atoms with E-state index in [9.17, 15) is 9.59 Å². The van der Waals surface area contributed by atoms with Crippen LogP contribution < -0.4 is 5.32 Å². The molecular formula is C22H27N3O2. The molecule has 1 aromatic heterocycles. The normalized spacial score (nSPS) is 19.3. The minimum atomic E-state index is -0.564. The van der Waals surface area contributed by atoms with Crippen molar-refractivity contribution in [3.8, 4) is 11.1 Å². The van der Waals surface area contributed by atoms with Crippen molar-refractivity contribution in [2.75, 3.05) is 13.1 Å². The summed E-state index contributed by atoms with van der Waals surface area (Å²) in [6, 6.07) is 12.3. The molecule has 0 aliphatic carbocycles. The van der Waals surface area contributed by atoms with E-state index in [2.05, 4.69) is 34.6 Å². The molecule has 1 aliphatic heterocycles. The van der Waals surface area contributed by atoms with Crippen molar-refractivity contribution >= 4 is 11.8 Å². The van der Waals surface area contributed by atoms with Gasteiger partial charge in [0.1, 0.15) is 0 Å². The maximum absolute atomic E-state index is 13.0. The third-order valence-electron chi connectivity index (χ3n) is 5.19. The zero-order valence-electron chi connectivity index (χ0n) is 16.2. The fourth-order valence-electron chi connectivity index (χ4n) is 3.71. The SMILES string of the molecule is CC(=O)N1CC[C@](Cc2ccc(-c3cccnc3)cc2)(C(=O)NC(C)C)C1. The van der Waals surface area contributed by atoms with Crippen molar-refractivity contribution in [3.05, 3.63) is 54.4 Å². The Kier molecular flexibility index (Phi) is 5.59. The average Bonchev–Trinajstić information content (AvgIpc) is 3.08. The molecule has 2 heterocycles. The number of hydrogen-bond acceptors (Lipinski definition) is 3. The van der Waals surface area contributed by atoms with Gasteiger partial charge in [0, 0.05) is 38.4 Å². The summed E-state index contributed by atoms with van der Waals surface area (Å²) in [6.07, 6.45) is 4.92. The second-order valence-corrected chi connectivity index (χ2v) is 7.71. The van der Waals surface area contributed by atoms with Crippen LogP contribution >= 0.6 is 0 Å². The maximum atomic E-state index is 13.0. The lowest BCUT2D eigenvalue weighted by atomic mass is 9.79. The number of nitrogens with zero attached hydrogens (tertiary/aromatic N) is 2. The Bertz CT molecular complexity index is 802. The van der Waals surface area contributed by atoms with Crippen molar-refractivity contribution in [1.29, 1.82) is 0 Å². The molecule has 5 heteroatoms. The molecule has 3 rings (SSSR count). The van der Waals surface area contributed by atoms with Crippen molar-refractivity contribution < 1.29 is 9.59 Å². The first-order valence-electron chi connectivity index (χ1n) is 9.45. The summed E-state index contributed by atoms with van der Waals surface area (Å²) < 4.78 is 0. The highest BCUT2D eigenvalue weighted by Crippen LogP contribution is 2.35. The number of hydrogen-bond donors (Lipinski definition) is 1.